The second-order valence-corrected chi connectivity index (χ2v) is 20.0. The molecule has 0 aromatic carbocycles. The average molecular weight is 371 g/mol. The van der Waals surface area contributed by atoms with E-state index in [1.54, 1.807) is 13.3 Å². The zero-order valence-corrected chi connectivity index (χ0v) is 16.7. The average Bonchev–Trinajstić information content (AvgIpc) is 2.44. The second-order valence-electron chi connectivity index (χ2n) is 5.97. The Kier molecular flexibility index (Phi) is 13.5. The van der Waals surface area contributed by atoms with E-state index in [-0.39, 0.29) is 0 Å². The molecule has 0 saturated heterocycles. The first-order valence-electron chi connectivity index (χ1n) is 8.52. The van der Waals surface area contributed by atoms with Crippen LogP contribution in [0.1, 0.15) is 66.2 Å². The van der Waals surface area contributed by atoms with Crippen molar-refractivity contribution in [3.63, 3.8) is 0 Å². The van der Waals surface area contributed by atoms with Crippen LogP contribution in [0.3, 0.4) is 0 Å². The van der Waals surface area contributed by atoms with E-state index in [0.29, 0.717) is 0 Å². The number of hydrogen-bond donors (Lipinski definition) is 0. The molecule has 0 amide bonds. The van der Waals surface area contributed by atoms with E-state index in [1.807, 2.05) is 0 Å². The van der Waals surface area contributed by atoms with Crippen molar-refractivity contribution in [2.75, 3.05) is 0 Å². The molecule has 0 saturated carbocycles. The Bertz CT molecular complexity index is 218. The van der Waals surface area contributed by atoms with Crippen molar-refractivity contribution in [2.45, 2.75) is 84.0 Å². The van der Waals surface area contributed by atoms with Gasteiger partial charge in [-0.2, -0.15) is 0 Å². The van der Waals surface area contributed by atoms with Crippen LogP contribution in [-0.4, -0.2) is 18.4 Å². The molecule has 0 aromatic heterocycles. The van der Waals surface area contributed by atoms with Crippen LogP contribution in [0.15, 0.2) is 24.3 Å². The fraction of sp³-hybridized carbons (Fsp3) is 0.778. The molecule has 0 unspecified atom stereocenters. The molecule has 0 nitrogen and oxygen atoms in total. The molecule has 0 spiro atoms. The molecule has 0 bridgehead atoms. The van der Waals surface area contributed by atoms with Crippen molar-refractivity contribution in [3.05, 3.63) is 24.3 Å². The summed E-state index contributed by atoms with van der Waals surface area (Å²) in [5.41, 5.74) is 0. The van der Waals surface area contributed by atoms with Gasteiger partial charge in [0.2, 0.25) is 0 Å². The molecule has 0 aromatic rings. The van der Waals surface area contributed by atoms with E-state index in [1.165, 1.54) is 43.0 Å². The van der Waals surface area contributed by atoms with E-state index in [0.717, 1.165) is 0 Å². The van der Waals surface area contributed by atoms with Crippen molar-refractivity contribution >= 4 is 18.4 Å². The second kappa shape index (κ2) is 13.3. The Hall–Kier alpha value is 0.279. The predicted octanol–water partition coefficient (Wildman–Crippen LogP) is 6.97. The molecule has 1 heteroatoms. The third-order valence-electron chi connectivity index (χ3n) is 4.17. The molecule has 19 heavy (non-hydrogen) atoms. The topological polar surface area (TPSA) is 0 Å². The molecule has 0 fully saturated rings. The van der Waals surface area contributed by atoms with Gasteiger partial charge >= 0.3 is 127 Å². The summed E-state index contributed by atoms with van der Waals surface area (Å²) in [7, 11) is 0. The Labute approximate surface area is 126 Å². The van der Waals surface area contributed by atoms with Gasteiger partial charge in [-0.25, -0.2) is 0 Å². The number of unbranched alkanes of at least 4 members (excludes halogenated alkanes) is 3. The van der Waals surface area contributed by atoms with Gasteiger partial charge in [-0.3, -0.25) is 0 Å². The summed E-state index contributed by atoms with van der Waals surface area (Å²) in [6.45, 7) is 9.16. The summed E-state index contributed by atoms with van der Waals surface area (Å²) in [4.78, 5) is 0. The molecule has 0 aliphatic heterocycles. The fourth-order valence-corrected chi connectivity index (χ4v) is 18.0. The van der Waals surface area contributed by atoms with Crippen molar-refractivity contribution in [1.29, 1.82) is 0 Å². The first-order valence-corrected chi connectivity index (χ1v) is 16.6. The van der Waals surface area contributed by atoms with Crippen LogP contribution in [0.2, 0.25) is 17.7 Å². The molecule has 0 radical (unpaired) electrons. The Morgan fingerprint density at radius 3 is 1.58 bits per heavy atom. The number of hydrogen-bond acceptors (Lipinski definition) is 0. The molecule has 0 rings (SSSR count). The molecule has 0 aliphatic carbocycles. The Morgan fingerprint density at radius 2 is 1.21 bits per heavy atom. The summed E-state index contributed by atoms with van der Waals surface area (Å²) in [5.74, 6) is 0. The third-order valence-corrected chi connectivity index (χ3v) is 19.4. The summed E-state index contributed by atoms with van der Waals surface area (Å²) in [6, 6.07) is 0. The SMILES string of the molecule is C/C=C/C=C/[CH2][Sn]([CH2]CCC)([CH2]CCC)[CH2]CCC. The van der Waals surface area contributed by atoms with Crippen LogP contribution in [0.5, 0.6) is 0 Å². The normalized spacial score (nSPS) is 12.8. The minimum atomic E-state index is -1.85. The third kappa shape index (κ3) is 9.76. The molecule has 0 atom stereocenters. The summed E-state index contributed by atoms with van der Waals surface area (Å²) < 4.78 is 6.38. The van der Waals surface area contributed by atoms with Gasteiger partial charge in [0, 0.05) is 0 Å². The molecule has 0 heterocycles. The van der Waals surface area contributed by atoms with Gasteiger partial charge in [-0.1, -0.05) is 0 Å². The van der Waals surface area contributed by atoms with E-state index < -0.39 is 18.4 Å². The van der Waals surface area contributed by atoms with Crippen molar-refractivity contribution in [2.24, 2.45) is 0 Å². The van der Waals surface area contributed by atoms with Crippen LogP contribution in [-0.2, 0) is 0 Å². The first-order chi connectivity index (χ1) is 9.24. The van der Waals surface area contributed by atoms with Gasteiger partial charge < -0.3 is 0 Å². The predicted molar refractivity (Wildman–Crippen MR) is 93.7 cm³/mol. The van der Waals surface area contributed by atoms with Crippen LogP contribution in [0.4, 0.5) is 0 Å². The van der Waals surface area contributed by atoms with Crippen molar-refractivity contribution in [3.8, 4) is 0 Å². The van der Waals surface area contributed by atoms with Crippen molar-refractivity contribution < 1.29 is 0 Å². The standard InChI is InChI=1S/C6H9.3C4H9.Sn/c1-3-5-6-4-2;3*1-3-4-2;/h3-6H,1H2,2H3;3*1,3-4H2,2H3;/b5-3+,6-4+;;;;. The maximum atomic E-state index is 2.50. The molecule has 0 N–H and O–H groups in total. The van der Waals surface area contributed by atoms with E-state index >= 15 is 0 Å². The molecule has 112 valence electrons. The van der Waals surface area contributed by atoms with E-state index in [2.05, 4.69) is 52.0 Å². The quantitative estimate of drug-likeness (QED) is 0.257. The fourth-order valence-electron chi connectivity index (χ4n) is 2.84. The minimum absolute atomic E-state index is 1.38. The maximum absolute atomic E-state index is 2.50. The van der Waals surface area contributed by atoms with Crippen LogP contribution in [0, 0.1) is 0 Å². The summed E-state index contributed by atoms with van der Waals surface area (Å²) in [5, 5.41) is 0. The van der Waals surface area contributed by atoms with Gasteiger partial charge in [-0.15, -0.1) is 0 Å². The number of allylic oxidation sites excluding steroid dienone is 4. The molecule has 0 aliphatic rings. The monoisotopic (exact) mass is 372 g/mol. The van der Waals surface area contributed by atoms with Gasteiger partial charge in [0.25, 0.3) is 0 Å². The van der Waals surface area contributed by atoms with E-state index in [4.69, 9.17) is 0 Å². The van der Waals surface area contributed by atoms with Gasteiger partial charge in [0.15, 0.2) is 0 Å². The van der Waals surface area contributed by atoms with Crippen LogP contribution >= 0.6 is 0 Å². The van der Waals surface area contributed by atoms with Gasteiger partial charge in [0.05, 0.1) is 0 Å². The van der Waals surface area contributed by atoms with Crippen molar-refractivity contribution in [1.82, 2.24) is 0 Å². The van der Waals surface area contributed by atoms with Gasteiger partial charge in [-0.05, 0) is 0 Å². The van der Waals surface area contributed by atoms with Crippen LogP contribution < -0.4 is 0 Å². The number of rotatable bonds is 12. The molecular weight excluding hydrogens is 335 g/mol. The Morgan fingerprint density at radius 1 is 0.737 bits per heavy atom. The summed E-state index contributed by atoms with van der Waals surface area (Å²) in [6.07, 6.45) is 17.7. The first kappa shape index (κ1) is 19.3. The summed E-state index contributed by atoms with van der Waals surface area (Å²) >= 11 is -1.85. The van der Waals surface area contributed by atoms with Crippen LogP contribution in [0.25, 0.3) is 0 Å². The Balaban J connectivity index is 4.65. The zero-order chi connectivity index (χ0) is 14.4. The molecular formula is C18H36Sn. The van der Waals surface area contributed by atoms with E-state index in [9.17, 15) is 0 Å². The van der Waals surface area contributed by atoms with Gasteiger partial charge in [0.1, 0.15) is 0 Å². The zero-order valence-electron chi connectivity index (χ0n) is 13.9.